The summed E-state index contributed by atoms with van der Waals surface area (Å²) in [6.45, 7) is 5.20. The number of halogens is 2. The maximum Gasteiger partial charge on any atom is 0.274 e. The van der Waals surface area contributed by atoms with Crippen LogP contribution in [0.2, 0.25) is 0 Å². The summed E-state index contributed by atoms with van der Waals surface area (Å²) in [7, 11) is 0. The second-order valence-corrected chi connectivity index (χ2v) is 5.68. The van der Waals surface area contributed by atoms with Crippen LogP contribution in [0.25, 0.3) is 0 Å². The molecule has 0 N–H and O–H groups in total. The van der Waals surface area contributed by atoms with Gasteiger partial charge in [0.25, 0.3) is 5.91 Å². The second kappa shape index (κ2) is 6.89. The summed E-state index contributed by atoms with van der Waals surface area (Å²) in [4.78, 5) is 14.3. The second-order valence-electron chi connectivity index (χ2n) is 4.77. The molecule has 1 aromatic heterocycles. The Balaban J connectivity index is 2.36. The van der Waals surface area contributed by atoms with Gasteiger partial charge >= 0.3 is 0 Å². The fourth-order valence-corrected chi connectivity index (χ4v) is 2.77. The van der Waals surface area contributed by atoms with Crippen LogP contribution in [0.3, 0.4) is 0 Å². The van der Waals surface area contributed by atoms with Crippen LogP contribution in [0.15, 0.2) is 41.0 Å². The minimum Gasteiger partial charge on any atom is -0.342 e. The van der Waals surface area contributed by atoms with Crippen LogP contribution in [0, 0.1) is 5.82 Å². The summed E-state index contributed by atoms with van der Waals surface area (Å²) in [6.07, 6.45) is 2.84. The van der Waals surface area contributed by atoms with Gasteiger partial charge in [0.05, 0.1) is 0 Å². The highest BCUT2D eigenvalue weighted by atomic mass is 79.9. The highest BCUT2D eigenvalue weighted by Crippen LogP contribution is 2.21. The molecule has 3 nitrogen and oxygen atoms in total. The van der Waals surface area contributed by atoms with E-state index in [0.29, 0.717) is 17.9 Å². The van der Waals surface area contributed by atoms with E-state index in [1.54, 1.807) is 23.1 Å². The molecule has 2 aromatic rings. The van der Waals surface area contributed by atoms with Crippen LogP contribution in [-0.2, 0) is 6.54 Å². The van der Waals surface area contributed by atoms with Gasteiger partial charge in [-0.05, 0) is 53.5 Å². The number of rotatable bonds is 5. The van der Waals surface area contributed by atoms with Crippen molar-refractivity contribution in [3.8, 4) is 0 Å². The van der Waals surface area contributed by atoms with Crippen molar-refractivity contribution in [2.45, 2.75) is 26.8 Å². The van der Waals surface area contributed by atoms with E-state index < -0.39 is 0 Å². The zero-order valence-electron chi connectivity index (χ0n) is 12.1. The van der Waals surface area contributed by atoms with Gasteiger partial charge in [-0.1, -0.05) is 13.0 Å². The lowest BCUT2D eigenvalue weighted by Gasteiger charge is -2.22. The van der Waals surface area contributed by atoms with Crippen molar-refractivity contribution >= 4 is 27.5 Å². The van der Waals surface area contributed by atoms with Gasteiger partial charge in [-0.3, -0.25) is 4.79 Å². The molecular weight excluding hydrogens is 335 g/mol. The molecule has 0 aliphatic carbocycles. The SMILES string of the molecule is CCCn1cc(Br)cc1C(=O)N(CC)c1cccc(F)c1. The van der Waals surface area contributed by atoms with Gasteiger partial charge in [0, 0.05) is 29.4 Å². The van der Waals surface area contributed by atoms with E-state index in [1.165, 1.54) is 12.1 Å². The average Bonchev–Trinajstić information content (AvgIpc) is 2.81. The number of hydrogen-bond donors (Lipinski definition) is 0. The number of aryl methyl sites for hydroxylation is 1. The molecule has 0 aliphatic heterocycles. The molecule has 1 aromatic carbocycles. The predicted molar refractivity (Wildman–Crippen MR) is 86.2 cm³/mol. The van der Waals surface area contributed by atoms with E-state index in [-0.39, 0.29) is 11.7 Å². The Hall–Kier alpha value is -1.62. The van der Waals surface area contributed by atoms with Crippen molar-refractivity contribution < 1.29 is 9.18 Å². The number of hydrogen-bond acceptors (Lipinski definition) is 1. The van der Waals surface area contributed by atoms with Gasteiger partial charge in [0.1, 0.15) is 11.5 Å². The summed E-state index contributed by atoms with van der Waals surface area (Å²) < 4.78 is 16.2. The number of amides is 1. The number of aromatic nitrogens is 1. The summed E-state index contributed by atoms with van der Waals surface area (Å²) in [5, 5.41) is 0. The topological polar surface area (TPSA) is 25.2 Å². The van der Waals surface area contributed by atoms with E-state index in [1.807, 2.05) is 17.7 Å². The van der Waals surface area contributed by atoms with Gasteiger partial charge in [0.2, 0.25) is 0 Å². The molecule has 0 bridgehead atoms. The van der Waals surface area contributed by atoms with E-state index in [4.69, 9.17) is 0 Å². The first-order chi connectivity index (χ1) is 10.1. The molecule has 0 saturated carbocycles. The van der Waals surface area contributed by atoms with Crippen molar-refractivity contribution in [3.05, 3.63) is 52.5 Å². The lowest BCUT2D eigenvalue weighted by molar-refractivity contribution is 0.0979. The standard InChI is InChI=1S/C16H18BrFN2O/c1-3-8-19-11-12(17)9-15(19)16(21)20(4-2)14-7-5-6-13(18)10-14/h5-7,9-11H,3-4,8H2,1-2H3. The van der Waals surface area contributed by atoms with Gasteiger partial charge < -0.3 is 9.47 Å². The molecule has 0 atom stereocenters. The van der Waals surface area contributed by atoms with Crippen LogP contribution in [0.4, 0.5) is 10.1 Å². The van der Waals surface area contributed by atoms with Crippen molar-refractivity contribution in [2.24, 2.45) is 0 Å². The maximum atomic E-state index is 13.4. The molecule has 112 valence electrons. The van der Waals surface area contributed by atoms with Gasteiger partial charge in [0.15, 0.2) is 0 Å². The first kappa shape index (κ1) is 15.8. The summed E-state index contributed by atoms with van der Waals surface area (Å²) >= 11 is 3.41. The first-order valence-corrected chi connectivity index (χ1v) is 7.79. The van der Waals surface area contributed by atoms with E-state index in [9.17, 15) is 9.18 Å². The highest BCUT2D eigenvalue weighted by Gasteiger charge is 2.20. The van der Waals surface area contributed by atoms with E-state index >= 15 is 0 Å². The molecule has 0 saturated heterocycles. The van der Waals surface area contributed by atoms with Crippen molar-refractivity contribution in [2.75, 3.05) is 11.4 Å². The predicted octanol–water partition coefficient (Wildman–Crippen LogP) is 4.47. The van der Waals surface area contributed by atoms with E-state index in [0.717, 1.165) is 17.4 Å². The minimum absolute atomic E-state index is 0.123. The largest absolute Gasteiger partial charge is 0.342 e. The fraction of sp³-hybridized carbons (Fsp3) is 0.312. The van der Waals surface area contributed by atoms with Crippen LogP contribution in [-0.4, -0.2) is 17.0 Å². The lowest BCUT2D eigenvalue weighted by Crippen LogP contribution is -2.32. The summed E-state index contributed by atoms with van der Waals surface area (Å²) in [5.41, 5.74) is 1.18. The van der Waals surface area contributed by atoms with Crippen LogP contribution < -0.4 is 4.90 Å². The van der Waals surface area contributed by atoms with Gasteiger partial charge in [-0.2, -0.15) is 0 Å². The zero-order valence-corrected chi connectivity index (χ0v) is 13.7. The molecule has 1 heterocycles. The molecule has 21 heavy (non-hydrogen) atoms. The monoisotopic (exact) mass is 352 g/mol. The number of carbonyl (C=O) groups is 1. The van der Waals surface area contributed by atoms with Crippen LogP contribution in [0.5, 0.6) is 0 Å². The average molecular weight is 353 g/mol. The van der Waals surface area contributed by atoms with Gasteiger partial charge in [-0.25, -0.2) is 4.39 Å². The van der Waals surface area contributed by atoms with Crippen molar-refractivity contribution in [3.63, 3.8) is 0 Å². The molecule has 2 rings (SSSR count). The third-order valence-electron chi connectivity index (χ3n) is 3.23. The maximum absolute atomic E-state index is 13.4. The number of anilines is 1. The third kappa shape index (κ3) is 3.53. The number of benzene rings is 1. The Bertz CT molecular complexity index is 639. The molecule has 0 aliphatic rings. The first-order valence-electron chi connectivity index (χ1n) is 7.00. The highest BCUT2D eigenvalue weighted by molar-refractivity contribution is 9.10. The Labute approximate surface area is 132 Å². The Morgan fingerprint density at radius 3 is 2.71 bits per heavy atom. The summed E-state index contributed by atoms with van der Waals surface area (Å²) in [6, 6.07) is 7.91. The Morgan fingerprint density at radius 2 is 2.10 bits per heavy atom. The number of carbonyl (C=O) groups excluding carboxylic acids is 1. The van der Waals surface area contributed by atoms with Gasteiger partial charge in [-0.15, -0.1) is 0 Å². The van der Waals surface area contributed by atoms with Crippen molar-refractivity contribution in [1.29, 1.82) is 0 Å². The number of nitrogens with zero attached hydrogens (tertiary/aromatic N) is 2. The molecular formula is C16H18BrFN2O. The third-order valence-corrected chi connectivity index (χ3v) is 3.66. The molecule has 1 amide bonds. The zero-order chi connectivity index (χ0) is 15.4. The van der Waals surface area contributed by atoms with Crippen LogP contribution in [0.1, 0.15) is 30.8 Å². The molecule has 5 heteroatoms. The fourth-order valence-electron chi connectivity index (χ4n) is 2.31. The molecule has 0 spiro atoms. The van der Waals surface area contributed by atoms with E-state index in [2.05, 4.69) is 22.9 Å². The Kier molecular flexibility index (Phi) is 5.17. The molecule has 0 fully saturated rings. The smallest absolute Gasteiger partial charge is 0.274 e. The molecule has 0 radical (unpaired) electrons. The van der Waals surface area contributed by atoms with Crippen LogP contribution >= 0.6 is 15.9 Å². The molecule has 0 unspecified atom stereocenters. The van der Waals surface area contributed by atoms with Crippen molar-refractivity contribution in [1.82, 2.24) is 4.57 Å². The lowest BCUT2D eigenvalue weighted by atomic mass is 10.2. The minimum atomic E-state index is -0.344. The summed E-state index contributed by atoms with van der Waals surface area (Å²) in [5.74, 6) is -0.467. The Morgan fingerprint density at radius 1 is 1.33 bits per heavy atom. The quantitative estimate of drug-likeness (QED) is 0.779. The normalized spacial score (nSPS) is 10.7.